The number of aryl methyl sites for hydroxylation is 1. The summed E-state index contributed by atoms with van der Waals surface area (Å²) in [5.41, 5.74) is 1.41. The van der Waals surface area contributed by atoms with Gasteiger partial charge in [-0.2, -0.15) is 0 Å². The largest absolute Gasteiger partial charge is 0.388 e. The van der Waals surface area contributed by atoms with Gasteiger partial charge in [0.05, 0.1) is 16.9 Å². The molecule has 25 heavy (non-hydrogen) atoms. The van der Waals surface area contributed by atoms with E-state index < -0.39 is 5.60 Å². The summed E-state index contributed by atoms with van der Waals surface area (Å²) in [6.45, 7) is 4.79. The molecule has 1 amide bonds. The molecule has 0 radical (unpaired) electrons. The van der Waals surface area contributed by atoms with Gasteiger partial charge in [-0.3, -0.25) is 4.79 Å². The highest BCUT2D eigenvalue weighted by atomic mass is 19.1. The molecule has 1 aliphatic heterocycles. The molecule has 6 heteroatoms. The van der Waals surface area contributed by atoms with Crippen LogP contribution < -0.4 is 5.32 Å². The van der Waals surface area contributed by atoms with Crippen LogP contribution in [0.4, 0.5) is 4.39 Å². The molecule has 1 saturated heterocycles. The average Bonchev–Trinajstić information content (AvgIpc) is 2.89. The number of nitrogens with one attached hydrogen (secondary N) is 1. The Bertz CT molecular complexity index is 779. The predicted molar refractivity (Wildman–Crippen MR) is 92.5 cm³/mol. The van der Waals surface area contributed by atoms with Crippen molar-refractivity contribution < 1.29 is 19.0 Å². The molecule has 0 spiro atoms. The minimum absolute atomic E-state index is 0.179. The lowest BCUT2D eigenvalue weighted by atomic mass is 9.94. The number of halogens is 1. The molecule has 0 aliphatic carbocycles. The van der Waals surface area contributed by atoms with Crippen LogP contribution >= 0.6 is 0 Å². The summed E-state index contributed by atoms with van der Waals surface area (Å²) in [7, 11) is 0. The summed E-state index contributed by atoms with van der Waals surface area (Å²) in [6, 6.07) is 8.22. The lowest BCUT2D eigenvalue weighted by molar-refractivity contribution is -0.0605. The lowest BCUT2D eigenvalue weighted by Gasteiger charge is -2.32. The number of para-hydroxylation sites is 1. The normalized spacial score (nSPS) is 16.6. The summed E-state index contributed by atoms with van der Waals surface area (Å²) in [5.74, 6) is -0.608. The first-order chi connectivity index (χ1) is 11.9. The third-order valence-electron chi connectivity index (χ3n) is 4.77. The second-order valence-corrected chi connectivity index (χ2v) is 6.59. The minimum atomic E-state index is -0.926. The number of hydrogen-bond donors (Lipinski definition) is 2. The van der Waals surface area contributed by atoms with Crippen molar-refractivity contribution in [1.29, 1.82) is 0 Å². The number of carbonyl (C=O) groups is 1. The SMILES string of the molecule is Cc1cc(C(=O)NCC2(O)CCOCC2)c(C)n1-c1ccccc1F. The monoisotopic (exact) mass is 346 g/mol. The summed E-state index contributed by atoms with van der Waals surface area (Å²) in [6.07, 6.45) is 1.00. The van der Waals surface area contributed by atoms with Crippen LogP contribution in [0.25, 0.3) is 5.69 Å². The van der Waals surface area contributed by atoms with E-state index in [-0.39, 0.29) is 18.3 Å². The molecule has 0 bridgehead atoms. The molecule has 5 nitrogen and oxygen atoms in total. The van der Waals surface area contributed by atoms with E-state index in [0.717, 1.165) is 5.69 Å². The van der Waals surface area contributed by atoms with E-state index in [1.807, 2.05) is 6.92 Å². The van der Waals surface area contributed by atoms with E-state index in [9.17, 15) is 14.3 Å². The van der Waals surface area contributed by atoms with Crippen molar-refractivity contribution in [2.24, 2.45) is 0 Å². The van der Waals surface area contributed by atoms with Crippen LogP contribution in [0.5, 0.6) is 0 Å². The van der Waals surface area contributed by atoms with Crippen LogP contribution in [0, 0.1) is 19.7 Å². The Kier molecular flexibility index (Phi) is 4.92. The van der Waals surface area contributed by atoms with Gasteiger partial charge < -0.3 is 19.7 Å². The fraction of sp³-hybridized carbons (Fsp3) is 0.421. The van der Waals surface area contributed by atoms with Crippen LogP contribution in [0.3, 0.4) is 0 Å². The quantitative estimate of drug-likeness (QED) is 0.894. The molecule has 2 aromatic rings. The smallest absolute Gasteiger partial charge is 0.253 e. The van der Waals surface area contributed by atoms with Gasteiger partial charge in [0.15, 0.2) is 0 Å². The highest BCUT2D eigenvalue weighted by Gasteiger charge is 2.30. The van der Waals surface area contributed by atoms with Crippen LogP contribution in [0.1, 0.15) is 34.6 Å². The van der Waals surface area contributed by atoms with Crippen LogP contribution in [0.2, 0.25) is 0 Å². The highest BCUT2D eigenvalue weighted by molar-refractivity contribution is 5.96. The standard InChI is InChI=1S/C19H23FN2O3/c1-13-11-15(14(2)22(13)17-6-4-3-5-16(17)20)18(23)21-12-19(24)7-9-25-10-8-19/h3-6,11,24H,7-10,12H2,1-2H3,(H,21,23). The molecule has 0 atom stereocenters. The number of ether oxygens (including phenoxy) is 1. The van der Waals surface area contributed by atoms with E-state index >= 15 is 0 Å². The van der Waals surface area contributed by atoms with Crippen LogP contribution in [-0.2, 0) is 4.74 Å². The van der Waals surface area contributed by atoms with Gasteiger partial charge in [-0.05, 0) is 32.0 Å². The Labute approximate surface area is 146 Å². The Morgan fingerprint density at radius 2 is 2.00 bits per heavy atom. The molecule has 1 aromatic heterocycles. The molecule has 0 unspecified atom stereocenters. The van der Waals surface area contributed by atoms with Gasteiger partial charge in [0.25, 0.3) is 5.91 Å². The average molecular weight is 346 g/mol. The predicted octanol–water partition coefficient (Wildman–Crippen LogP) is 2.50. The third kappa shape index (κ3) is 3.60. The number of aliphatic hydroxyl groups is 1. The van der Waals surface area contributed by atoms with Crippen LogP contribution in [-0.4, -0.2) is 40.9 Å². The van der Waals surface area contributed by atoms with E-state index in [0.29, 0.717) is 43.0 Å². The van der Waals surface area contributed by atoms with Crippen molar-refractivity contribution in [2.75, 3.05) is 19.8 Å². The van der Waals surface area contributed by atoms with Gasteiger partial charge in [0, 0.05) is 44.0 Å². The second kappa shape index (κ2) is 6.98. The van der Waals surface area contributed by atoms with Crippen molar-refractivity contribution in [2.45, 2.75) is 32.3 Å². The second-order valence-electron chi connectivity index (χ2n) is 6.59. The Hall–Kier alpha value is -2.18. The van der Waals surface area contributed by atoms with Gasteiger partial charge in [-0.15, -0.1) is 0 Å². The number of amides is 1. The number of hydrogen-bond acceptors (Lipinski definition) is 3. The van der Waals surface area contributed by atoms with Crippen molar-refractivity contribution in [3.63, 3.8) is 0 Å². The zero-order valence-electron chi connectivity index (χ0n) is 14.5. The van der Waals surface area contributed by atoms with Crippen LogP contribution in [0.15, 0.2) is 30.3 Å². The molecular formula is C19H23FN2O3. The number of rotatable bonds is 4. The Morgan fingerprint density at radius 1 is 1.32 bits per heavy atom. The number of nitrogens with zero attached hydrogens (tertiary/aromatic N) is 1. The number of carbonyl (C=O) groups excluding carboxylic acids is 1. The summed E-state index contributed by atoms with van der Waals surface area (Å²) < 4.78 is 21.1. The first-order valence-electron chi connectivity index (χ1n) is 8.43. The number of benzene rings is 1. The zero-order valence-corrected chi connectivity index (χ0v) is 14.5. The van der Waals surface area contributed by atoms with Crippen molar-refractivity contribution in [3.8, 4) is 5.69 Å². The fourth-order valence-corrected chi connectivity index (χ4v) is 3.26. The lowest BCUT2D eigenvalue weighted by Crippen LogP contribution is -2.46. The van der Waals surface area contributed by atoms with Gasteiger partial charge in [-0.25, -0.2) is 4.39 Å². The number of aromatic nitrogens is 1. The van der Waals surface area contributed by atoms with Crippen molar-refractivity contribution in [3.05, 3.63) is 53.1 Å². The molecule has 1 aliphatic rings. The van der Waals surface area contributed by atoms with E-state index in [4.69, 9.17) is 4.74 Å². The summed E-state index contributed by atoms with van der Waals surface area (Å²) >= 11 is 0. The molecule has 2 N–H and O–H groups in total. The highest BCUT2D eigenvalue weighted by Crippen LogP contribution is 2.23. The van der Waals surface area contributed by atoms with Crippen molar-refractivity contribution >= 4 is 5.91 Å². The zero-order chi connectivity index (χ0) is 18.0. The van der Waals surface area contributed by atoms with Gasteiger partial charge >= 0.3 is 0 Å². The van der Waals surface area contributed by atoms with Gasteiger partial charge in [0.1, 0.15) is 5.82 Å². The topological polar surface area (TPSA) is 63.5 Å². The fourth-order valence-electron chi connectivity index (χ4n) is 3.26. The van der Waals surface area contributed by atoms with E-state index in [2.05, 4.69) is 5.32 Å². The molecule has 1 fully saturated rings. The maximum Gasteiger partial charge on any atom is 0.253 e. The minimum Gasteiger partial charge on any atom is -0.388 e. The van der Waals surface area contributed by atoms with Crippen molar-refractivity contribution in [1.82, 2.24) is 9.88 Å². The van der Waals surface area contributed by atoms with E-state index in [1.54, 1.807) is 35.8 Å². The molecule has 0 saturated carbocycles. The van der Waals surface area contributed by atoms with E-state index in [1.165, 1.54) is 6.07 Å². The molecule has 3 rings (SSSR count). The van der Waals surface area contributed by atoms with Gasteiger partial charge in [-0.1, -0.05) is 12.1 Å². The molecular weight excluding hydrogens is 323 g/mol. The summed E-state index contributed by atoms with van der Waals surface area (Å²) in [5, 5.41) is 13.3. The molecule has 134 valence electrons. The first kappa shape index (κ1) is 17.6. The third-order valence-corrected chi connectivity index (χ3v) is 4.77. The molecule has 1 aromatic carbocycles. The van der Waals surface area contributed by atoms with Gasteiger partial charge in [0.2, 0.25) is 0 Å². The Morgan fingerprint density at radius 3 is 2.68 bits per heavy atom. The Balaban J connectivity index is 1.80. The maximum atomic E-state index is 14.1. The first-order valence-corrected chi connectivity index (χ1v) is 8.43. The summed E-state index contributed by atoms with van der Waals surface area (Å²) in [4.78, 5) is 12.6. The molecule has 2 heterocycles. The maximum absolute atomic E-state index is 14.1.